The molecular formula is C20H19I. The third-order valence-electron chi connectivity index (χ3n) is 13.4. The summed E-state index contributed by atoms with van der Waals surface area (Å²) in [6, 6.07) is 0. The summed E-state index contributed by atoms with van der Waals surface area (Å²) in [5, 5.41) is 0. The van der Waals surface area contributed by atoms with Gasteiger partial charge >= 0.3 is 0 Å². The Bertz CT molecular complexity index is 611. The maximum atomic E-state index is 3.17. The quantitative estimate of drug-likeness (QED) is 0.444. The Balaban J connectivity index is 1.49. The number of hydrogen-bond acceptors (Lipinski definition) is 0. The summed E-state index contributed by atoms with van der Waals surface area (Å²) in [5.41, 5.74) is 0. The molecular weight excluding hydrogens is 367 g/mol. The van der Waals surface area contributed by atoms with Crippen molar-refractivity contribution in [3.05, 3.63) is 0 Å². The molecule has 0 N–H and O–H groups in total. The highest BCUT2D eigenvalue weighted by molar-refractivity contribution is 14.1. The van der Waals surface area contributed by atoms with Crippen LogP contribution in [0.2, 0.25) is 0 Å². The predicted molar refractivity (Wildman–Crippen MR) is 83.1 cm³/mol. The minimum Gasteiger partial charge on any atom is -0.0779 e. The van der Waals surface area contributed by atoms with Crippen LogP contribution >= 0.6 is 22.6 Å². The molecule has 12 aliphatic carbocycles. The fraction of sp³-hybridized carbons (Fsp3) is 1.00. The lowest BCUT2D eigenvalue weighted by Gasteiger charge is -2.34. The van der Waals surface area contributed by atoms with E-state index in [0.717, 1.165) is 3.42 Å². The van der Waals surface area contributed by atoms with E-state index in [0.29, 0.717) is 0 Å². The van der Waals surface area contributed by atoms with Gasteiger partial charge in [0.25, 0.3) is 0 Å². The first-order valence-electron chi connectivity index (χ1n) is 10.1. The van der Waals surface area contributed by atoms with Crippen molar-refractivity contribution >= 4 is 22.6 Å². The van der Waals surface area contributed by atoms with Gasteiger partial charge in [0.05, 0.1) is 0 Å². The number of alkyl halides is 1. The van der Waals surface area contributed by atoms with Gasteiger partial charge in [0.2, 0.25) is 0 Å². The summed E-state index contributed by atoms with van der Waals surface area (Å²) < 4.78 is 0.871. The molecule has 0 saturated heterocycles. The lowest BCUT2D eigenvalue weighted by atomic mass is 9.77. The van der Waals surface area contributed by atoms with E-state index in [1.54, 1.807) is 0 Å². The lowest BCUT2D eigenvalue weighted by molar-refractivity contribution is 0.198. The molecule has 12 fully saturated rings. The van der Waals surface area contributed by atoms with Crippen LogP contribution in [0.25, 0.3) is 0 Å². The highest BCUT2D eigenvalue weighted by Crippen LogP contribution is 3.03. The maximum Gasteiger partial charge on any atom is 0.0323 e. The highest BCUT2D eigenvalue weighted by atomic mass is 127. The zero-order valence-electron chi connectivity index (χ0n) is 11.8. The van der Waals surface area contributed by atoms with Crippen molar-refractivity contribution in [1.29, 1.82) is 0 Å². The van der Waals surface area contributed by atoms with Crippen molar-refractivity contribution in [2.75, 3.05) is 0 Å². The van der Waals surface area contributed by atoms with Crippen LogP contribution in [-0.2, 0) is 0 Å². The van der Waals surface area contributed by atoms with Crippen LogP contribution in [0.3, 0.4) is 0 Å². The average molecular weight is 386 g/mol. The van der Waals surface area contributed by atoms with Crippen LogP contribution in [-0.4, -0.2) is 3.42 Å². The van der Waals surface area contributed by atoms with Crippen molar-refractivity contribution in [3.63, 3.8) is 0 Å². The molecule has 0 aromatic carbocycles. The van der Waals surface area contributed by atoms with Crippen LogP contribution in [0.5, 0.6) is 0 Å². The second-order valence-corrected chi connectivity index (χ2v) is 13.5. The monoisotopic (exact) mass is 386 g/mol. The van der Waals surface area contributed by atoms with Crippen LogP contribution in [0.15, 0.2) is 0 Å². The number of hydrogen-bond donors (Lipinski definition) is 0. The molecule has 12 atom stereocenters. The Morgan fingerprint density at radius 2 is 0.524 bits per heavy atom. The minimum absolute atomic E-state index is 0.871. The first kappa shape index (κ1) is 9.28. The second-order valence-electron chi connectivity index (χ2n) is 11.6. The number of halogens is 1. The lowest BCUT2D eigenvalue weighted by Crippen LogP contribution is -2.36. The standard InChI is InChI=1S/C20H19I/c21-20-17-11-5-2-1-3-7(5)13(17)15-9(3)10-4(1)8-6(2)12(11)18(20)14(8)16(10)19(15)20/h1-19H. The summed E-state index contributed by atoms with van der Waals surface area (Å²) in [6.45, 7) is 0. The third-order valence-corrected chi connectivity index (χ3v) is 15.5. The van der Waals surface area contributed by atoms with Crippen molar-refractivity contribution in [2.45, 2.75) is 3.42 Å². The molecule has 106 valence electrons. The maximum absolute atomic E-state index is 3.17. The second kappa shape index (κ2) is 1.99. The third kappa shape index (κ3) is 0.453. The molecule has 21 heavy (non-hydrogen) atoms. The van der Waals surface area contributed by atoms with Gasteiger partial charge < -0.3 is 0 Å². The molecule has 0 aromatic rings. The molecule has 1 heteroatoms. The molecule has 0 amide bonds. The summed E-state index contributed by atoms with van der Waals surface area (Å²) in [5.74, 6) is 24.7. The van der Waals surface area contributed by atoms with E-state index in [1.807, 2.05) is 0 Å². The first-order chi connectivity index (χ1) is 10.4. The van der Waals surface area contributed by atoms with E-state index in [9.17, 15) is 0 Å². The van der Waals surface area contributed by atoms with Gasteiger partial charge in [-0.15, -0.1) is 0 Å². The fourth-order valence-electron chi connectivity index (χ4n) is 15.3. The zero-order valence-corrected chi connectivity index (χ0v) is 14.0. The topological polar surface area (TPSA) is 0 Å². The van der Waals surface area contributed by atoms with E-state index < -0.39 is 0 Å². The van der Waals surface area contributed by atoms with Crippen LogP contribution in [0.1, 0.15) is 0 Å². The molecule has 0 aliphatic heterocycles. The molecule has 0 heterocycles. The molecule has 12 aliphatic rings. The first-order valence-corrected chi connectivity index (χ1v) is 11.1. The molecule has 12 saturated carbocycles. The highest BCUT2D eigenvalue weighted by Gasteiger charge is 3.01. The van der Waals surface area contributed by atoms with Crippen molar-refractivity contribution < 1.29 is 0 Å². The molecule has 12 rings (SSSR count). The summed E-state index contributed by atoms with van der Waals surface area (Å²) in [6.07, 6.45) is 0. The van der Waals surface area contributed by atoms with Crippen LogP contribution < -0.4 is 0 Å². The van der Waals surface area contributed by atoms with Gasteiger partial charge in [0.1, 0.15) is 0 Å². The van der Waals surface area contributed by atoms with Gasteiger partial charge in [-0.05, 0) is 112 Å². The SMILES string of the molecule is IC12C3C4C5C6C7C8C5C3C3C8C5C7C7C6C4C1C7C5C32. The van der Waals surface area contributed by atoms with E-state index >= 15 is 0 Å². The smallest absolute Gasteiger partial charge is 0.0323 e. The van der Waals surface area contributed by atoms with E-state index in [4.69, 9.17) is 0 Å². The van der Waals surface area contributed by atoms with E-state index in [-0.39, 0.29) is 0 Å². The Morgan fingerprint density at radius 1 is 0.333 bits per heavy atom. The predicted octanol–water partition coefficient (Wildman–Crippen LogP) is 3.02. The molecule has 0 bridgehead atoms. The van der Waals surface area contributed by atoms with Crippen LogP contribution in [0, 0.1) is 112 Å². The minimum atomic E-state index is 0.871. The summed E-state index contributed by atoms with van der Waals surface area (Å²) >= 11 is 3.17. The van der Waals surface area contributed by atoms with Crippen LogP contribution in [0.4, 0.5) is 0 Å². The average Bonchev–Trinajstić information content (AvgIpc) is 3.10. The van der Waals surface area contributed by atoms with E-state index in [2.05, 4.69) is 22.6 Å². The van der Waals surface area contributed by atoms with Gasteiger partial charge in [-0.1, -0.05) is 22.6 Å². The van der Waals surface area contributed by atoms with Gasteiger partial charge in [-0.2, -0.15) is 0 Å². The Morgan fingerprint density at radius 3 is 0.762 bits per heavy atom. The van der Waals surface area contributed by atoms with Gasteiger partial charge in [0, 0.05) is 3.42 Å². The van der Waals surface area contributed by atoms with Gasteiger partial charge in [-0.25, -0.2) is 0 Å². The van der Waals surface area contributed by atoms with Crippen molar-refractivity contribution in [2.24, 2.45) is 112 Å². The molecule has 0 aromatic heterocycles. The fourth-order valence-corrected chi connectivity index (χ4v) is 17.8. The zero-order chi connectivity index (χ0) is 12.5. The largest absolute Gasteiger partial charge is 0.0779 e. The van der Waals surface area contributed by atoms with Crippen molar-refractivity contribution in [3.8, 4) is 0 Å². The van der Waals surface area contributed by atoms with Crippen molar-refractivity contribution in [1.82, 2.24) is 0 Å². The van der Waals surface area contributed by atoms with Gasteiger partial charge in [-0.3, -0.25) is 0 Å². The number of rotatable bonds is 0. The molecule has 12 unspecified atom stereocenters. The Kier molecular flexibility index (Phi) is 0.878. The molecule has 0 nitrogen and oxygen atoms in total. The Hall–Kier alpha value is 0.730. The Labute approximate surface area is 138 Å². The molecule has 0 spiro atoms. The summed E-state index contributed by atoms with van der Waals surface area (Å²) in [4.78, 5) is 0. The summed E-state index contributed by atoms with van der Waals surface area (Å²) in [7, 11) is 0. The van der Waals surface area contributed by atoms with Gasteiger partial charge in [0.15, 0.2) is 0 Å². The normalized spacial score (nSPS) is 107. The molecule has 0 radical (unpaired) electrons. The van der Waals surface area contributed by atoms with E-state index in [1.165, 1.54) is 112 Å².